The van der Waals surface area contributed by atoms with E-state index < -0.39 is 16.1 Å². The summed E-state index contributed by atoms with van der Waals surface area (Å²) in [6.07, 6.45) is 3.28. The number of nitrogens with zero attached hydrogens (tertiary/aromatic N) is 6. The normalized spacial score (nSPS) is 12.9. The molecular weight excluding hydrogens is 272 g/mol. The molecule has 2 rings (SSSR count). The van der Waals surface area contributed by atoms with Gasteiger partial charge in [0, 0.05) is 0 Å². The molecule has 0 spiro atoms. The standard InChI is InChI=1S/C11H22N6Si2/c1-18(2,3)10-12-7-14-16(10)9-17-11(13-8-15-17)19(4,5)6/h7-8H,9H2,1-6H3. The van der Waals surface area contributed by atoms with Crippen LogP contribution in [-0.2, 0) is 6.67 Å². The van der Waals surface area contributed by atoms with E-state index in [-0.39, 0.29) is 0 Å². The molecule has 6 nitrogen and oxygen atoms in total. The van der Waals surface area contributed by atoms with Crippen LogP contribution < -0.4 is 10.9 Å². The van der Waals surface area contributed by atoms with Crippen LogP contribution in [-0.4, -0.2) is 45.7 Å². The molecule has 0 unspecified atom stereocenters. The molecular formula is C11H22N6Si2. The summed E-state index contributed by atoms with van der Waals surface area (Å²) >= 11 is 0. The summed E-state index contributed by atoms with van der Waals surface area (Å²) in [5.74, 6) is 0. The molecule has 0 amide bonds. The van der Waals surface area contributed by atoms with Gasteiger partial charge in [0.05, 0.1) is 0 Å². The summed E-state index contributed by atoms with van der Waals surface area (Å²) in [6, 6.07) is 0. The van der Waals surface area contributed by atoms with Crippen LogP contribution in [0.4, 0.5) is 0 Å². The van der Waals surface area contributed by atoms with Gasteiger partial charge in [0.1, 0.15) is 46.4 Å². The summed E-state index contributed by atoms with van der Waals surface area (Å²) in [7, 11) is -2.97. The van der Waals surface area contributed by atoms with Crippen molar-refractivity contribution in [1.29, 1.82) is 0 Å². The van der Waals surface area contributed by atoms with E-state index >= 15 is 0 Å². The fraction of sp³-hybridized carbons (Fsp3) is 0.636. The van der Waals surface area contributed by atoms with Gasteiger partial charge < -0.3 is 0 Å². The Bertz CT molecular complexity index is 510. The van der Waals surface area contributed by atoms with Crippen molar-refractivity contribution in [2.45, 2.75) is 46.0 Å². The molecule has 0 fully saturated rings. The molecule has 0 aliphatic rings. The lowest BCUT2D eigenvalue weighted by Crippen LogP contribution is -2.49. The van der Waals surface area contributed by atoms with E-state index in [0.717, 1.165) is 10.9 Å². The van der Waals surface area contributed by atoms with Crippen LogP contribution in [0.5, 0.6) is 0 Å². The Morgan fingerprint density at radius 2 is 1.16 bits per heavy atom. The quantitative estimate of drug-likeness (QED) is 0.769. The van der Waals surface area contributed by atoms with Crippen molar-refractivity contribution in [3.8, 4) is 0 Å². The summed E-state index contributed by atoms with van der Waals surface area (Å²) in [4.78, 5) is 8.85. The molecule has 2 aromatic heterocycles. The highest BCUT2D eigenvalue weighted by Gasteiger charge is 2.26. The van der Waals surface area contributed by atoms with Crippen LogP contribution in [0.15, 0.2) is 12.7 Å². The Morgan fingerprint density at radius 1 is 0.789 bits per heavy atom. The minimum Gasteiger partial charge on any atom is -0.233 e. The topological polar surface area (TPSA) is 61.4 Å². The van der Waals surface area contributed by atoms with Gasteiger partial charge in [-0.3, -0.25) is 0 Å². The molecule has 0 N–H and O–H groups in total. The van der Waals surface area contributed by atoms with Crippen LogP contribution in [0.1, 0.15) is 0 Å². The number of hydrogen-bond donors (Lipinski definition) is 0. The SMILES string of the molecule is C[Si](C)(C)c1ncnn1Cn1ncnc1[Si](C)(C)C. The molecule has 2 heterocycles. The molecule has 0 saturated carbocycles. The van der Waals surface area contributed by atoms with Crippen molar-refractivity contribution < 1.29 is 0 Å². The lowest BCUT2D eigenvalue weighted by atomic mass is 11.0. The molecule has 0 aliphatic carbocycles. The zero-order chi connectivity index (χ0) is 14.3. The van der Waals surface area contributed by atoms with E-state index in [1.807, 2.05) is 9.36 Å². The lowest BCUT2D eigenvalue weighted by Gasteiger charge is -2.19. The van der Waals surface area contributed by atoms with Gasteiger partial charge in [-0.25, -0.2) is 19.3 Å². The highest BCUT2D eigenvalue weighted by molar-refractivity contribution is 6.88. The zero-order valence-electron chi connectivity index (χ0n) is 12.5. The Hall–Kier alpha value is -1.29. The molecule has 104 valence electrons. The van der Waals surface area contributed by atoms with Crippen molar-refractivity contribution in [2.24, 2.45) is 0 Å². The predicted octanol–water partition coefficient (Wildman–Crippen LogP) is 0.466. The Labute approximate surface area is 115 Å². The molecule has 2 aromatic rings. The number of aromatic nitrogens is 6. The van der Waals surface area contributed by atoms with Gasteiger partial charge in [0.25, 0.3) is 0 Å². The third-order valence-corrected chi connectivity index (χ3v) is 6.30. The largest absolute Gasteiger partial charge is 0.233 e. The van der Waals surface area contributed by atoms with Crippen LogP contribution in [0, 0.1) is 0 Å². The zero-order valence-corrected chi connectivity index (χ0v) is 14.5. The van der Waals surface area contributed by atoms with Crippen LogP contribution in [0.3, 0.4) is 0 Å². The lowest BCUT2D eigenvalue weighted by molar-refractivity contribution is 0.519. The molecule has 0 aromatic carbocycles. The van der Waals surface area contributed by atoms with Gasteiger partial charge in [0.2, 0.25) is 0 Å². The first-order chi connectivity index (χ1) is 8.69. The maximum Gasteiger partial charge on any atom is 0.137 e. The third kappa shape index (κ3) is 3.00. The molecule has 0 radical (unpaired) electrons. The minimum atomic E-state index is -1.48. The summed E-state index contributed by atoms with van der Waals surface area (Å²) < 4.78 is 3.93. The first-order valence-corrected chi connectivity index (χ1v) is 13.5. The van der Waals surface area contributed by atoms with Crippen molar-refractivity contribution in [3.05, 3.63) is 12.7 Å². The Balaban J connectivity index is 2.33. The summed E-state index contributed by atoms with van der Waals surface area (Å²) in [5.41, 5.74) is 2.20. The molecule has 8 heteroatoms. The Morgan fingerprint density at radius 3 is 1.47 bits per heavy atom. The first-order valence-electron chi connectivity index (χ1n) is 6.46. The van der Waals surface area contributed by atoms with Gasteiger partial charge >= 0.3 is 0 Å². The maximum absolute atomic E-state index is 4.42. The van der Waals surface area contributed by atoms with Crippen molar-refractivity contribution >= 4 is 27.0 Å². The van der Waals surface area contributed by atoms with Crippen molar-refractivity contribution in [3.63, 3.8) is 0 Å². The molecule has 0 saturated heterocycles. The molecule has 0 atom stereocenters. The van der Waals surface area contributed by atoms with Crippen molar-refractivity contribution in [2.75, 3.05) is 0 Å². The van der Waals surface area contributed by atoms with E-state index in [1.165, 1.54) is 0 Å². The second-order valence-corrected chi connectivity index (χ2v) is 16.7. The molecule has 0 aliphatic heterocycles. The average molecular weight is 295 g/mol. The van der Waals surface area contributed by atoms with Gasteiger partial charge in [-0.2, -0.15) is 10.2 Å². The number of rotatable bonds is 4. The van der Waals surface area contributed by atoms with Gasteiger partial charge in [-0.15, -0.1) is 0 Å². The second kappa shape index (κ2) is 4.67. The monoisotopic (exact) mass is 294 g/mol. The molecule has 19 heavy (non-hydrogen) atoms. The number of hydrogen-bond acceptors (Lipinski definition) is 4. The van der Waals surface area contributed by atoms with Crippen LogP contribution in [0.25, 0.3) is 0 Å². The maximum atomic E-state index is 4.42. The minimum absolute atomic E-state index is 0.610. The van der Waals surface area contributed by atoms with E-state index in [9.17, 15) is 0 Å². The average Bonchev–Trinajstić information content (AvgIpc) is 2.83. The van der Waals surface area contributed by atoms with Gasteiger partial charge in [0.15, 0.2) is 0 Å². The summed E-state index contributed by atoms with van der Waals surface area (Å²) in [6.45, 7) is 14.2. The fourth-order valence-corrected chi connectivity index (χ4v) is 4.72. The van der Waals surface area contributed by atoms with Crippen molar-refractivity contribution in [1.82, 2.24) is 29.5 Å². The van der Waals surface area contributed by atoms with E-state index in [2.05, 4.69) is 59.4 Å². The fourth-order valence-electron chi connectivity index (χ4n) is 2.02. The first kappa shape index (κ1) is 14.1. The summed E-state index contributed by atoms with van der Waals surface area (Å²) in [5, 5.41) is 8.70. The van der Waals surface area contributed by atoms with E-state index in [0.29, 0.717) is 6.67 Å². The smallest absolute Gasteiger partial charge is 0.137 e. The third-order valence-electron chi connectivity index (χ3n) is 2.84. The predicted molar refractivity (Wildman–Crippen MR) is 81.4 cm³/mol. The highest BCUT2D eigenvalue weighted by atomic mass is 28.3. The van der Waals surface area contributed by atoms with Crippen LogP contribution >= 0.6 is 0 Å². The highest BCUT2D eigenvalue weighted by Crippen LogP contribution is 2.02. The molecule has 0 bridgehead atoms. The van der Waals surface area contributed by atoms with Gasteiger partial charge in [-0.05, 0) is 0 Å². The Kier molecular flexibility index (Phi) is 3.48. The van der Waals surface area contributed by atoms with Crippen LogP contribution in [0.2, 0.25) is 39.3 Å². The van der Waals surface area contributed by atoms with E-state index in [4.69, 9.17) is 0 Å². The van der Waals surface area contributed by atoms with Gasteiger partial charge in [-0.1, -0.05) is 39.3 Å². The van der Waals surface area contributed by atoms with E-state index in [1.54, 1.807) is 12.7 Å². The second-order valence-electron chi connectivity index (χ2n) is 6.81.